The van der Waals surface area contributed by atoms with E-state index in [1.54, 1.807) is 0 Å². The van der Waals surface area contributed by atoms with Crippen molar-refractivity contribution in [2.75, 3.05) is 36.4 Å². The van der Waals surface area contributed by atoms with Gasteiger partial charge < -0.3 is 15.5 Å². The van der Waals surface area contributed by atoms with Crippen molar-refractivity contribution in [3.8, 4) is 0 Å². The molecule has 4 heteroatoms. The number of amides is 1. The highest BCUT2D eigenvalue weighted by molar-refractivity contribution is 6.04. The molecule has 1 aliphatic rings. The van der Waals surface area contributed by atoms with Gasteiger partial charge in [-0.05, 0) is 59.9 Å². The number of nitrogens with one attached hydrogen (secondary N) is 2. The topological polar surface area (TPSA) is 44.4 Å². The minimum atomic E-state index is -0.0843. The van der Waals surface area contributed by atoms with Crippen molar-refractivity contribution >= 4 is 22.9 Å². The second-order valence-corrected chi connectivity index (χ2v) is 8.51. The Bertz CT molecular complexity index is 824. The number of piperazine rings is 1. The van der Waals surface area contributed by atoms with Gasteiger partial charge in [0.15, 0.2) is 0 Å². The van der Waals surface area contributed by atoms with Gasteiger partial charge >= 0.3 is 0 Å². The minimum absolute atomic E-state index is 0.0843. The highest BCUT2D eigenvalue weighted by atomic mass is 16.1. The maximum absolute atomic E-state index is 12.6. The summed E-state index contributed by atoms with van der Waals surface area (Å²) in [4.78, 5) is 14.9. The van der Waals surface area contributed by atoms with Crippen molar-refractivity contribution in [1.29, 1.82) is 0 Å². The maximum Gasteiger partial charge on any atom is 0.255 e. The van der Waals surface area contributed by atoms with E-state index >= 15 is 0 Å². The molecule has 1 fully saturated rings. The first-order valence-electron chi connectivity index (χ1n) is 9.99. The third-order valence-corrected chi connectivity index (χ3v) is 4.86. The number of benzene rings is 2. The molecule has 0 unspecified atom stereocenters. The van der Waals surface area contributed by atoms with E-state index in [0.717, 1.165) is 37.4 Å². The van der Waals surface area contributed by atoms with Crippen LogP contribution in [0.2, 0.25) is 0 Å². The van der Waals surface area contributed by atoms with Crippen LogP contribution in [0.15, 0.2) is 54.6 Å². The zero-order chi connectivity index (χ0) is 20.1. The molecular formula is C24H31N3O. The molecule has 0 aliphatic carbocycles. The summed E-state index contributed by atoms with van der Waals surface area (Å²) in [5.41, 5.74) is 5.19. The highest BCUT2D eigenvalue weighted by Crippen LogP contribution is 2.24. The Morgan fingerprint density at radius 1 is 0.964 bits per heavy atom. The average molecular weight is 378 g/mol. The minimum Gasteiger partial charge on any atom is -0.369 e. The molecule has 3 rings (SSSR count). The molecule has 0 spiro atoms. The van der Waals surface area contributed by atoms with Gasteiger partial charge in [-0.15, -0.1) is 0 Å². The predicted molar refractivity (Wildman–Crippen MR) is 119 cm³/mol. The predicted octanol–water partition coefficient (Wildman–Crippen LogP) is 4.80. The van der Waals surface area contributed by atoms with E-state index in [0.29, 0.717) is 5.56 Å². The second-order valence-electron chi connectivity index (χ2n) is 8.51. The van der Waals surface area contributed by atoms with Crippen LogP contribution in [0, 0.1) is 5.41 Å². The lowest BCUT2D eigenvalue weighted by molar-refractivity contribution is 0.102. The van der Waals surface area contributed by atoms with Crippen molar-refractivity contribution in [3.05, 3.63) is 65.7 Å². The molecule has 28 heavy (non-hydrogen) atoms. The van der Waals surface area contributed by atoms with Crippen LogP contribution < -0.4 is 15.5 Å². The quantitative estimate of drug-likeness (QED) is 0.804. The molecule has 1 heterocycles. The lowest BCUT2D eigenvalue weighted by atomic mass is 9.91. The van der Waals surface area contributed by atoms with E-state index in [9.17, 15) is 4.79 Å². The fourth-order valence-electron chi connectivity index (χ4n) is 3.50. The highest BCUT2D eigenvalue weighted by Gasteiger charge is 2.12. The SMILES string of the molecule is CC(=CC(C)(C)C)c1ccc(C(=O)Nc2ccc(N3CCNCC3)cc2)cc1. The lowest BCUT2D eigenvalue weighted by Gasteiger charge is -2.29. The van der Waals surface area contributed by atoms with Gasteiger partial charge in [-0.3, -0.25) is 4.79 Å². The van der Waals surface area contributed by atoms with Crippen LogP contribution in [0.4, 0.5) is 11.4 Å². The summed E-state index contributed by atoms with van der Waals surface area (Å²) in [6.45, 7) is 12.7. The number of carbonyl (C=O) groups is 1. The van der Waals surface area contributed by atoms with Crippen LogP contribution in [-0.4, -0.2) is 32.1 Å². The van der Waals surface area contributed by atoms with E-state index in [2.05, 4.69) is 61.4 Å². The van der Waals surface area contributed by atoms with Gasteiger partial charge in [0.2, 0.25) is 0 Å². The molecule has 0 aromatic heterocycles. The molecular weight excluding hydrogens is 346 g/mol. The van der Waals surface area contributed by atoms with Crippen LogP contribution in [0.5, 0.6) is 0 Å². The Balaban J connectivity index is 1.63. The Kier molecular flexibility index (Phi) is 6.20. The van der Waals surface area contributed by atoms with E-state index in [1.807, 2.05) is 36.4 Å². The third-order valence-electron chi connectivity index (χ3n) is 4.86. The fraction of sp³-hybridized carbons (Fsp3) is 0.375. The van der Waals surface area contributed by atoms with Gasteiger partial charge in [0.1, 0.15) is 0 Å². The van der Waals surface area contributed by atoms with E-state index < -0.39 is 0 Å². The Morgan fingerprint density at radius 3 is 2.11 bits per heavy atom. The average Bonchev–Trinajstić information content (AvgIpc) is 2.68. The summed E-state index contributed by atoms with van der Waals surface area (Å²) < 4.78 is 0. The van der Waals surface area contributed by atoms with Crippen LogP contribution in [-0.2, 0) is 0 Å². The zero-order valence-electron chi connectivity index (χ0n) is 17.4. The first-order chi connectivity index (χ1) is 13.3. The molecule has 1 aliphatic heterocycles. The monoisotopic (exact) mass is 377 g/mol. The number of hydrogen-bond donors (Lipinski definition) is 2. The largest absolute Gasteiger partial charge is 0.369 e. The second kappa shape index (κ2) is 8.61. The summed E-state index contributed by atoms with van der Waals surface area (Å²) in [5, 5.41) is 6.35. The third kappa shape index (κ3) is 5.46. The van der Waals surface area contributed by atoms with Gasteiger partial charge in [0.05, 0.1) is 0 Å². The van der Waals surface area contributed by atoms with Gasteiger partial charge in [0, 0.05) is 43.1 Å². The molecule has 0 saturated carbocycles. The van der Waals surface area contributed by atoms with Gasteiger partial charge in [-0.2, -0.15) is 0 Å². The number of rotatable bonds is 4. The molecule has 148 valence electrons. The van der Waals surface area contributed by atoms with Crippen LogP contribution in [0.25, 0.3) is 5.57 Å². The van der Waals surface area contributed by atoms with E-state index in [4.69, 9.17) is 0 Å². The smallest absolute Gasteiger partial charge is 0.255 e. The molecule has 2 aromatic carbocycles. The summed E-state index contributed by atoms with van der Waals surface area (Å²) in [6.07, 6.45) is 2.25. The normalized spacial score (nSPS) is 15.4. The maximum atomic E-state index is 12.6. The summed E-state index contributed by atoms with van der Waals surface area (Å²) in [5.74, 6) is -0.0843. The molecule has 1 saturated heterocycles. The van der Waals surface area contributed by atoms with Crippen molar-refractivity contribution in [3.63, 3.8) is 0 Å². The number of hydrogen-bond acceptors (Lipinski definition) is 3. The Morgan fingerprint density at radius 2 is 1.54 bits per heavy atom. The molecule has 0 bridgehead atoms. The van der Waals surface area contributed by atoms with Crippen LogP contribution in [0.3, 0.4) is 0 Å². The first-order valence-corrected chi connectivity index (χ1v) is 9.99. The number of nitrogens with zero attached hydrogens (tertiary/aromatic N) is 1. The number of carbonyl (C=O) groups excluding carboxylic acids is 1. The zero-order valence-corrected chi connectivity index (χ0v) is 17.4. The molecule has 4 nitrogen and oxygen atoms in total. The Labute approximate surface area is 168 Å². The van der Waals surface area contributed by atoms with Crippen molar-refractivity contribution in [2.45, 2.75) is 27.7 Å². The van der Waals surface area contributed by atoms with Crippen molar-refractivity contribution in [1.82, 2.24) is 5.32 Å². The van der Waals surface area contributed by atoms with Crippen molar-refractivity contribution in [2.24, 2.45) is 5.41 Å². The lowest BCUT2D eigenvalue weighted by Crippen LogP contribution is -2.43. The molecule has 2 aromatic rings. The van der Waals surface area contributed by atoms with Crippen molar-refractivity contribution < 1.29 is 4.79 Å². The van der Waals surface area contributed by atoms with Crippen LogP contribution >= 0.6 is 0 Å². The first kappa shape index (κ1) is 20.2. The summed E-state index contributed by atoms with van der Waals surface area (Å²) >= 11 is 0. The van der Waals surface area contributed by atoms with Gasteiger partial charge in [0.25, 0.3) is 5.91 Å². The van der Waals surface area contributed by atoms with Crippen LogP contribution in [0.1, 0.15) is 43.6 Å². The Hall–Kier alpha value is -2.59. The van der Waals surface area contributed by atoms with Gasteiger partial charge in [-0.1, -0.05) is 39.0 Å². The van der Waals surface area contributed by atoms with Gasteiger partial charge in [-0.25, -0.2) is 0 Å². The number of anilines is 2. The van der Waals surface area contributed by atoms with E-state index in [-0.39, 0.29) is 11.3 Å². The van der Waals surface area contributed by atoms with E-state index in [1.165, 1.54) is 11.3 Å². The summed E-state index contributed by atoms with van der Waals surface area (Å²) in [7, 11) is 0. The summed E-state index contributed by atoms with van der Waals surface area (Å²) in [6, 6.07) is 15.9. The fourth-order valence-corrected chi connectivity index (χ4v) is 3.50. The molecule has 0 atom stereocenters. The molecule has 2 N–H and O–H groups in total. The molecule has 0 radical (unpaired) electrons. The molecule has 1 amide bonds. The number of allylic oxidation sites excluding steroid dienone is 2. The standard InChI is InChI=1S/C24H31N3O/c1-18(17-24(2,3)4)19-5-7-20(8-6-19)23(28)26-21-9-11-22(12-10-21)27-15-13-25-14-16-27/h5-12,17,25H,13-16H2,1-4H3,(H,26,28).